The van der Waals surface area contributed by atoms with Gasteiger partial charge in [-0.1, -0.05) is 0 Å². The number of aromatic nitrogens is 6. The molecule has 4 heterocycles. The molecule has 2 N–H and O–H groups in total. The van der Waals surface area contributed by atoms with Crippen molar-refractivity contribution in [3.05, 3.63) is 48.3 Å². The molecule has 1 aromatic carbocycles. The number of nitrogens with one attached hydrogen (secondary N) is 2. The number of fused-ring (bicyclic) bond motifs is 4. The largest absolute Gasteiger partial charge is 0.343 e. The highest BCUT2D eigenvalue weighted by molar-refractivity contribution is 6.07. The molecule has 0 unspecified atom stereocenters. The normalized spacial score (nSPS) is 11.9. The van der Waals surface area contributed by atoms with E-state index in [4.69, 9.17) is 0 Å². The summed E-state index contributed by atoms with van der Waals surface area (Å²) >= 11 is 0. The number of H-pyrrole nitrogens is 2. The fourth-order valence-corrected chi connectivity index (χ4v) is 3.17. The zero-order valence-electron chi connectivity index (χ0n) is 12.1. The summed E-state index contributed by atoms with van der Waals surface area (Å²) in [6, 6.07) is 4.75. The van der Waals surface area contributed by atoms with Gasteiger partial charge < -0.3 is 9.55 Å². The molecule has 0 fully saturated rings. The number of rotatable bonds is 1. The first-order chi connectivity index (χ1) is 11.2. The molecule has 0 atom stereocenters. The van der Waals surface area contributed by atoms with Gasteiger partial charge in [-0.15, -0.1) is 0 Å². The van der Waals surface area contributed by atoms with Crippen LogP contribution in [-0.4, -0.2) is 29.7 Å². The Labute approximate surface area is 129 Å². The molecule has 0 amide bonds. The maximum atomic E-state index is 13.7. The van der Waals surface area contributed by atoms with Crippen LogP contribution in [0.3, 0.4) is 0 Å². The monoisotopic (exact) mass is 306 g/mol. The highest BCUT2D eigenvalue weighted by atomic mass is 19.1. The molecule has 0 radical (unpaired) electrons. The molecule has 0 bridgehead atoms. The van der Waals surface area contributed by atoms with Crippen LogP contribution in [0.5, 0.6) is 0 Å². The molecule has 4 aromatic heterocycles. The molecule has 6 nitrogen and oxygen atoms in total. The van der Waals surface area contributed by atoms with Gasteiger partial charge in [-0.25, -0.2) is 14.4 Å². The van der Waals surface area contributed by atoms with Gasteiger partial charge in [0.15, 0.2) is 5.65 Å². The van der Waals surface area contributed by atoms with E-state index in [1.165, 1.54) is 12.1 Å². The van der Waals surface area contributed by atoms with Gasteiger partial charge in [0.1, 0.15) is 5.82 Å². The molecule has 7 heteroatoms. The Hall–Kier alpha value is -3.22. The van der Waals surface area contributed by atoms with Crippen molar-refractivity contribution in [2.45, 2.75) is 6.92 Å². The van der Waals surface area contributed by atoms with Crippen LogP contribution >= 0.6 is 0 Å². The summed E-state index contributed by atoms with van der Waals surface area (Å²) in [6.45, 7) is 2.01. The molecule has 23 heavy (non-hydrogen) atoms. The number of hydrogen-bond donors (Lipinski definition) is 2. The Morgan fingerprint density at radius 1 is 1.09 bits per heavy atom. The summed E-state index contributed by atoms with van der Waals surface area (Å²) in [4.78, 5) is 11.7. The number of benzene rings is 1. The Kier molecular flexibility index (Phi) is 2.23. The van der Waals surface area contributed by atoms with E-state index >= 15 is 0 Å². The van der Waals surface area contributed by atoms with Crippen molar-refractivity contribution >= 4 is 33.1 Å². The van der Waals surface area contributed by atoms with Crippen molar-refractivity contribution in [2.75, 3.05) is 0 Å². The number of imidazole rings is 1. The Bertz CT molecular complexity index is 1200. The first-order valence-electron chi connectivity index (χ1n) is 7.16. The smallest absolute Gasteiger partial charge is 0.177 e. The van der Waals surface area contributed by atoms with Crippen LogP contribution < -0.4 is 0 Å². The summed E-state index contributed by atoms with van der Waals surface area (Å²) in [5, 5.41) is 7.85. The standard InChI is InChI=1S/C16H11FN6/c1-8-12(5-18-16-14(8)19-7-20-16)23-11-3-2-9(17)4-10(11)15-13(23)6-21-22-15/h2-7H,1H3,(H,21,22)(H,18,19,20). The number of halogens is 1. The molecular weight excluding hydrogens is 295 g/mol. The summed E-state index contributed by atoms with van der Waals surface area (Å²) in [7, 11) is 0. The van der Waals surface area contributed by atoms with E-state index in [1.807, 2.05) is 11.5 Å². The van der Waals surface area contributed by atoms with Crippen LogP contribution in [0.4, 0.5) is 4.39 Å². The molecular formula is C16H11FN6. The molecule has 0 spiro atoms. The van der Waals surface area contributed by atoms with Crippen molar-refractivity contribution in [1.82, 2.24) is 29.7 Å². The lowest BCUT2D eigenvalue weighted by molar-refractivity contribution is 0.629. The Morgan fingerprint density at radius 3 is 2.91 bits per heavy atom. The molecule has 0 aliphatic heterocycles. The molecule has 0 saturated carbocycles. The average Bonchev–Trinajstić information content (AvgIpc) is 3.24. The average molecular weight is 306 g/mol. The highest BCUT2D eigenvalue weighted by Gasteiger charge is 2.17. The quantitative estimate of drug-likeness (QED) is 0.499. The second-order valence-electron chi connectivity index (χ2n) is 5.50. The lowest BCUT2D eigenvalue weighted by atomic mass is 10.2. The third-order valence-electron chi connectivity index (χ3n) is 4.26. The molecule has 112 valence electrons. The van der Waals surface area contributed by atoms with Crippen molar-refractivity contribution in [3.63, 3.8) is 0 Å². The third kappa shape index (κ3) is 1.53. The predicted molar refractivity (Wildman–Crippen MR) is 85.1 cm³/mol. The fourth-order valence-electron chi connectivity index (χ4n) is 3.17. The number of pyridine rings is 1. The van der Waals surface area contributed by atoms with E-state index < -0.39 is 0 Å². The number of aryl methyl sites for hydroxylation is 1. The molecule has 5 aromatic rings. The lowest BCUT2D eigenvalue weighted by Gasteiger charge is -2.10. The van der Waals surface area contributed by atoms with Crippen LogP contribution in [0.1, 0.15) is 5.56 Å². The van der Waals surface area contributed by atoms with Crippen LogP contribution in [0.15, 0.2) is 36.9 Å². The summed E-state index contributed by atoms with van der Waals surface area (Å²) in [6.07, 6.45) is 5.16. The second-order valence-corrected chi connectivity index (χ2v) is 5.50. The predicted octanol–water partition coefficient (Wildman–Crippen LogP) is 3.23. The first-order valence-corrected chi connectivity index (χ1v) is 7.16. The van der Waals surface area contributed by atoms with Gasteiger partial charge >= 0.3 is 0 Å². The minimum atomic E-state index is -0.273. The zero-order chi connectivity index (χ0) is 15.6. The minimum Gasteiger partial charge on any atom is -0.343 e. The van der Waals surface area contributed by atoms with Crippen LogP contribution in [0, 0.1) is 12.7 Å². The van der Waals surface area contributed by atoms with Gasteiger partial charge in [0.25, 0.3) is 0 Å². The second kappa shape index (κ2) is 4.16. The van der Waals surface area contributed by atoms with E-state index in [-0.39, 0.29) is 5.82 Å². The fraction of sp³-hybridized carbons (Fsp3) is 0.0625. The van der Waals surface area contributed by atoms with Gasteiger partial charge in [-0.05, 0) is 25.1 Å². The Balaban J connectivity index is 1.97. The molecule has 0 saturated heterocycles. The number of aromatic amines is 2. The van der Waals surface area contributed by atoms with Gasteiger partial charge in [0, 0.05) is 10.9 Å². The van der Waals surface area contributed by atoms with Crippen LogP contribution in [0.2, 0.25) is 0 Å². The van der Waals surface area contributed by atoms with Crippen LogP contribution in [0.25, 0.3) is 38.8 Å². The number of hydrogen-bond acceptors (Lipinski definition) is 3. The maximum Gasteiger partial charge on any atom is 0.177 e. The Morgan fingerprint density at radius 2 is 2.00 bits per heavy atom. The zero-order valence-corrected chi connectivity index (χ0v) is 12.1. The van der Waals surface area contributed by atoms with E-state index in [2.05, 4.69) is 25.1 Å². The third-order valence-corrected chi connectivity index (χ3v) is 4.26. The van der Waals surface area contributed by atoms with Gasteiger partial charge in [-0.2, -0.15) is 5.10 Å². The number of nitrogens with zero attached hydrogens (tertiary/aromatic N) is 4. The summed E-state index contributed by atoms with van der Waals surface area (Å²) in [5.41, 5.74) is 6.10. The van der Waals surface area contributed by atoms with E-state index in [1.54, 1.807) is 24.8 Å². The van der Waals surface area contributed by atoms with Crippen molar-refractivity contribution < 1.29 is 4.39 Å². The molecule has 5 rings (SSSR count). The van der Waals surface area contributed by atoms with E-state index in [0.717, 1.165) is 38.7 Å². The summed E-state index contributed by atoms with van der Waals surface area (Å²) in [5.74, 6) is -0.273. The topological polar surface area (TPSA) is 75.2 Å². The highest BCUT2D eigenvalue weighted by Crippen LogP contribution is 2.32. The van der Waals surface area contributed by atoms with Crippen molar-refractivity contribution in [3.8, 4) is 5.69 Å². The van der Waals surface area contributed by atoms with E-state index in [0.29, 0.717) is 5.65 Å². The lowest BCUT2D eigenvalue weighted by Crippen LogP contribution is -1.99. The minimum absolute atomic E-state index is 0.273. The van der Waals surface area contributed by atoms with Crippen LogP contribution in [-0.2, 0) is 0 Å². The van der Waals surface area contributed by atoms with Crippen molar-refractivity contribution in [2.24, 2.45) is 0 Å². The molecule has 0 aliphatic rings. The van der Waals surface area contributed by atoms with Gasteiger partial charge in [-0.3, -0.25) is 5.10 Å². The van der Waals surface area contributed by atoms with E-state index in [9.17, 15) is 4.39 Å². The first kappa shape index (κ1) is 12.3. The maximum absolute atomic E-state index is 13.7. The molecule has 0 aliphatic carbocycles. The van der Waals surface area contributed by atoms with Gasteiger partial charge in [0.05, 0.1) is 46.5 Å². The summed E-state index contributed by atoms with van der Waals surface area (Å²) < 4.78 is 15.7. The van der Waals surface area contributed by atoms with Crippen molar-refractivity contribution in [1.29, 1.82) is 0 Å². The van der Waals surface area contributed by atoms with Gasteiger partial charge in [0.2, 0.25) is 0 Å². The SMILES string of the molecule is Cc1c(-n2c3ccc(F)cc3c3[nH]ncc32)cnc2nc[nH]c12.